The second-order valence-electron chi connectivity index (χ2n) is 3.69. The number of aromatic nitrogens is 2. The van der Waals surface area contributed by atoms with Gasteiger partial charge in [0.05, 0.1) is 6.20 Å². The van der Waals surface area contributed by atoms with Crippen molar-refractivity contribution in [1.29, 1.82) is 0 Å². The van der Waals surface area contributed by atoms with Crippen molar-refractivity contribution in [3.8, 4) is 0 Å². The van der Waals surface area contributed by atoms with Crippen molar-refractivity contribution in [1.82, 2.24) is 20.6 Å². The molecule has 1 aromatic rings. The molecule has 0 bridgehead atoms. The first-order valence-electron chi connectivity index (χ1n) is 5.32. The minimum atomic E-state index is -0.709. The summed E-state index contributed by atoms with van der Waals surface area (Å²) < 4.78 is 0. The second-order valence-corrected chi connectivity index (χ2v) is 3.69. The Kier molecular flexibility index (Phi) is 3.46. The monoisotopic (exact) mass is 249 g/mol. The van der Waals surface area contributed by atoms with E-state index < -0.39 is 18.0 Å². The molecule has 2 rings (SSSR count). The van der Waals surface area contributed by atoms with Gasteiger partial charge in [0.15, 0.2) is 5.82 Å². The van der Waals surface area contributed by atoms with Gasteiger partial charge in [-0.05, 0) is 6.42 Å². The number of amides is 4. The summed E-state index contributed by atoms with van der Waals surface area (Å²) in [5, 5.41) is 7.04. The molecule has 94 valence electrons. The number of imide groups is 1. The molecule has 1 unspecified atom stereocenters. The van der Waals surface area contributed by atoms with Crippen LogP contribution >= 0.6 is 0 Å². The van der Waals surface area contributed by atoms with Gasteiger partial charge in [0, 0.05) is 18.8 Å². The van der Waals surface area contributed by atoms with Gasteiger partial charge in [-0.15, -0.1) is 0 Å². The van der Waals surface area contributed by atoms with E-state index in [4.69, 9.17) is 0 Å². The Morgan fingerprint density at radius 1 is 1.39 bits per heavy atom. The molecule has 0 aliphatic carbocycles. The normalized spacial score (nSPS) is 19.0. The van der Waals surface area contributed by atoms with Crippen molar-refractivity contribution < 1.29 is 14.4 Å². The summed E-state index contributed by atoms with van der Waals surface area (Å²) in [6, 6.07) is -1.27. The molecule has 0 spiro atoms. The zero-order chi connectivity index (χ0) is 13.0. The number of urea groups is 1. The molecular weight excluding hydrogens is 238 g/mol. The number of hydrogen-bond acceptors (Lipinski definition) is 5. The Bertz CT molecular complexity index is 476. The zero-order valence-corrected chi connectivity index (χ0v) is 9.34. The van der Waals surface area contributed by atoms with E-state index in [1.807, 2.05) is 0 Å². The summed E-state index contributed by atoms with van der Waals surface area (Å²) in [4.78, 5) is 41.5. The van der Waals surface area contributed by atoms with Gasteiger partial charge in [-0.3, -0.25) is 25.2 Å². The lowest BCUT2D eigenvalue weighted by Crippen LogP contribution is -2.53. The zero-order valence-electron chi connectivity index (χ0n) is 9.34. The van der Waals surface area contributed by atoms with Gasteiger partial charge in [-0.1, -0.05) is 0 Å². The van der Waals surface area contributed by atoms with E-state index in [2.05, 4.69) is 25.9 Å². The number of hydrogen-bond donors (Lipinski definition) is 3. The minimum Gasteiger partial charge on any atom is -0.326 e. The maximum atomic E-state index is 11.6. The first-order chi connectivity index (χ1) is 8.65. The van der Waals surface area contributed by atoms with Gasteiger partial charge in [0.2, 0.25) is 11.8 Å². The fraction of sp³-hybridized carbons (Fsp3) is 0.300. The Balaban J connectivity index is 1.88. The van der Waals surface area contributed by atoms with E-state index in [1.165, 1.54) is 18.6 Å². The van der Waals surface area contributed by atoms with E-state index in [1.54, 1.807) is 0 Å². The molecule has 0 aromatic carbocycles. The lowest BCUT2D eigenvalue weighted by atomic mass is 10.1. The van der Waals surface area contributed by atoms with Crippen LogP contribution in [0.2, 0.25) is 0 Å². The number of nitrogens with zero attached hydrogens (tertiary/aromatic N) is 2. The fourth-order valence-corrected chi connectivity index (χ4v) is 1.51. The molecule has 1 fully saturated rings. The maximum absolute atomic E-state index is 11.6. The van der Waals surface area contributed by atoms with Crippen molar-refractivity contribution >= 4 is 23.7 Å². The van der Waals surface area contributed by atoms with Crippen molar-refractivity contribution in [2.24, 2.45) is 0 Å². The molecule has 0 saturated carbocycles. The van der Waals surface area contributed by atoms with Crippen LogP contribution in [0.5, 0.6) is 0 Å². The SMILES string of the molecule is O=C1CCC(NC(=O)Nc2cnccn2)C(=O)N1. The first kappa shape index (κ1) is 12.0. The maximum Gasteiger partial charge on any atom is 0.321 e. The van der Waals surface area contributed by atoms with Gasteiger partial charge in [0.1, 0.15) is 6.04 Å². The highest BCUT2D eigenvalue weighted by Gasteiger charge is 2.27. The summed E-state index contributed by atoms with van der Waals surface area (Å²) in [5.74, 6) is -0.546. The van der Waals surface area contributed by atoms with Gasteiger partial charge in [0.25, 0.3) is 0 Å². The minimum absolute atomic E-state index is 0.210. The number of anilines is 1. The summed E-state index contributed by atoms with van der Waals surface area (Å²) in [7, 11) is 0. The van der Waals surface area contributed by atoms with Crippen molar-refractivity contribution in [3.63, 3.8) is 0 Å². The average Bonchev–Trinajstić information content (AvgIpc) is 2.34. The second kappa shape index (κ2) is 5.21. The predicted molar refractivity (Wildman–Crippen MR) is 60.4 cm³/mol. The smallest absolute Gasteiger partial charge is 0.321 e. The van der Waals surface area contributed by atoms with Crippen LogP contribution in [0.4, 0.5) is 10.6 Å². The van der Waals surface area contributed by atoms with Crippen molar-refractivity contribution in [3.05, 3.63) is 18.6 Å². The highest BCUT2D eigenvalue weighted by atomic mass is 16.2. The van der Waals surface area contributed by atoms with Gasteiger partial charge >= 0.3 is 6.03 Å². The predicted octanol–water partition coefficient (Wildman–Crippen LogP) is -0.597. The summed E-state index contributed by atoms with van der Waals surface area (Å²) in [5.41, 5.74) is 0. The number of piperidine rings is 1. The Morgan fingerprint density at radius 3 is 2.89 bits per heavy atom. The molecule has 1 aliphatic heterocycles. The van der Waals surface area contributed by atoms with Gasteiger partial charge in [-0.25, -0.2) is 9.78 Å². The van der Waals surface area contributed by atoms with Gasteiger partial charge in [-0.2, -0.15) is 0 Å². The van der Waals surface area contributed by atoms with Gasteiger partial charge < -0.3 is 5.32 Å². The molecule has 1 aliphatic rings. The molecule has 8 nitrogen and oxygen atoms in total. The quantitative estimate of drug-likeness (QED) is 0.606. The van der Waals surface area contributed by atoms with Crippen LogP contribution < -0.4 is 16.0 Å². The van der Waals surface area contributed by atoms with E-state index in [0.717, 1.165) is 0 Å². The third-order valence-corrected chi connectivity index (χ3v) is 2.35. The van der Waals surface area contributed by atoms with Crippen LogP contribution in [0.15, 0.2) is 18.6 Å². The number of carbonyl (C=O) groups excluding carboxylic acids is 3. The molecule has 2 heterocycles. The summed E-state index contributed by atoms with van der Waals surface area (Å²) in [6.45, 7) is 0. The molecule has 0 radical (unpaired) electrons. The first-order valence-corrected chi connectivity index (χ1v) is 5.32. The molecular formula is C10H11N5O3. The van der Waals surface area contributed by atoms with E-state index in [9.17, 15) is 14.4 Å². The molecule has 3 N–H and O–H groups in total. The summed E-state index contributed by atoms with van der Waals surface area (Å²) in [6.07, 6.45) is 4.79. The lowest BCUT2D eigenvalue weighted by Gasteiger charge is -2.21. The number of carbonyl (C=O) groups is 3. The largest absolute Gasteiger partial charge is 0.326 e. The third-order valence-electron chi connectivity index (χ3n) is 2.35. The highest BCUT2D eigenvalue weighted by Crippen LogP contribution is 2.05. The Morgan fingerprint density at radius 2 is 2.22 bits per heavy atom. The molecule has 8 heteroatoms. The highest BCUT2D eigenvalue weighted by molar-refractivity contribution is 6.02. The van der Waals surface area contributed by atoms with Crippen molar-refractivity contribution in [2.75, 3.05) is 5.32 Å². The summed E-state index contributed by atoms with van der Waals surface area (Å²) >= 11 is 0. The van der Waals surface area contributed by atoms with E-state index >= 15 is 0 Å². The molecule has 4 amide bonds. The van der Waals surface area contributed by atoms with Crippen molar-refractivity contribution in [2.45, 2.75) is 18.9 Å². The average molecular weight is 249 g/mol. The van der Waals surface area contributed by atoms with Crippen LogP contribution in [0.3, 0.4) is 0 Å². The topological polar surface area (TPSA) is 113 Å². The number of nitrogens with one attached hydrogen (secondary N) is 3. The Hall–Kier alpha value is -2.51. The van der Waals surface area contributed by atoms with E-state index in [0.29, 0.717) is 6.42 Å². The van der Waals surface area contributed by atoms with Crippen LogP contribution in [-0.2, 0) is 9.59 Å². The molecule has 1 saturated heterocycles. The fourth-order valence-electron chi connectivity index (χ4n) is 1.51. The molecule has 18 heavy (non-hydrogen) atoms. The van der Waals surface area contributed by atoms with Crippen LogP contribution in [0.1, 0.15) is 12.8 Å². The Labute approximate surface area is 102 Å². The molecule has 1 aromatic heterocycles. The lowest BCUT2D eigenvalue weighted by molar-refractivity contribution is -0.134. The van der Waals surface area contributed by atoms with Crippen LogP contribution in [0.25, 0.3) is 0 Å². The molecule has 1 atom stereocenters. The standard InChI is InChI=1S/C10H11N5O3/c16-8-2-1-6(9(17)15-8)13-10(18)14-7-5-11-3-4-12-7/h3-6H,1-2H2,(H,15,16,17)(H2,12,13,14,18). The van der Waals surface area contributed by atoms with Crippen LogP contribution in [-0.4, -0.2) is 33.9 Å². The van der Waals surface area contributed by atoms with Crippen LogP contribution in [0, 0.1) is 0 Å². The van der Waals surface area contributed by atoms with E-state index in [-0.39, 0.29) is 18.1 Å². The number of rotatable bonds is 2. The third kappa shape index (κ3) is 3.00.